The van der Waals surface area contributed by atoms with Crippen LogP contribution in [0.3, 0.4) is 0 Å². The van der Waals surface area contributed by atoms with Crippen LogP contribution in [0.4, 0.5) is 0 Å². The average molecular weight is 268 g/mol. The largest absolute Gasteiger partial charge is 0.481 e. The molecule has 2 atom stereocenters. The molecule has 1 heterocycles. The highest BCUT2D eigenvalue weighted by Crippen LogP contribution is 2.31. The summed E-state index contributed by atoms with van der Waals surface area (Å²) in [6, 6.07) is 0. The third-order valence-corrected chi connectivity index (χ3v) is 4.04. The molecule has 1 aliphatic heterocycles. The van der Waals surface area contributed by atoms with Gasteiger partial charge in [-0.25, -0.2) is 0 Å². The molecule has 2 aliphatic rings. The van der Waals surface area contributed by atoms with E-state index in [2.05, 4.69) is 5.32 Å². The molecule has 2 amide bonds. The number of aliphatic carboxylic acids is 1. The zero-order valence-corrected chi connectivity index (χ0v) is 10.9. The second kappa shape index (κ2) is 6.04. The summed E-state index contributed by atoms with van der Waals surface area (Å²) in [4.78, 5) is 36.5. The number of nitrogens with one attached hydrogen (secondary N) is 1. The Morgan fingerprint density at radius 2 is 1.68 bits per heavy atom. The van der Waals surface area contributed by atoms with E-state index in [0.29, 0.717) is 12.8 Å². The van der Waals surface area contributed by atoms with Gasteiger partial charge in [-0.05, 0) is 25.7 Å². The van der Waals surface area contributed by atoms with E-state index in [0.717, 1.165) is 32.4 Å². The smallest absolute Gasteiger partial charge is 0.307 e. The Balaban J connectivity index is 1.80. The molecule has 0 spiro atoms. The van der Waals surface area contributed by atoms with Gasteiger partial charge in [0, 0.05) is 13.1 Å². The van der Waals surface area contributed by atoms with Crippen LogP contribution in [0.1, 0.15) is 32.1 Å². The van der Waals surface area contributed by atoms with Crippen molar-refractivity contribution >= 4 is 17.8 Å². The molecule has 19 heavy (non-hydrogen) atoms. The molecule has 106 valence electrons. The van der Waals surface area contributed by atoms with E-state index in [4.69, 9.17) is 5.11 Å². The molecule has 0 aromatic carbocycles. The fraction of sp³-hybridized carbons (Fsp3) is 0.769. The van der Waals surface area contributed by atoms with E-state index in [-0.39, 0.29) is 18.4 Å². The van der Waals surface area contributed by atoms with Gasteiger partial charge in [-0.3, -0.25) is 14.4 Å². The molecule has 0 bridgehead atoms. The topological polar surface area (TPSA) is 86.7 Å². The van der Waals surface area contributed by atoms with E-state index < -0.39 is 17.8 Å². The van der Waals surface area contributed by atoms with Crippen LogP contribution in [-0.2, 0) is 14.4 Å². The minimum absolute atomic E-state index is 0.0122. The van der Waals surface area contributed by atoms with Crippen LogP contribution in [0, 0.1) is 11.8 Å². The lowest BCUT2D eigenvalue weighted by molar-refractivity contribution is -0.146. The minimum atomic E-state index is -0.913. The van der Waals surface area contributed by atoms with Crippen LogP contribution in [-0.4, -0.2) is 47.4 Å². The number of carboxylic acid groups (broad SMARTS) is 1. The van der Waals surface area contributed by atoms with Crippen LogP contribution < -0.4 is 5.32 Å². The predicted octanol–water partition coefficient (Wildman–Crippen LogP) is 0.226. The normalized spacial score (nSPS) is 26.4. The Morgan fingerprint density at radius 1 is 1.05 bits per heavy atom. The molecule has 0 aromatic heterocycles. The maximum atomic E-state index is 11.9. The number of carboxylic acids is 1. The summed E-state index contributed by atoms with van der Waals surface area (Å²) in [5, 5.41) is 11.6. The molecular formula is C13H20N2O4. The first-order chi connectivity index (χ1) is 9.09. The highest BCUT2D eigenvalue weighted by molar-refractivity contribution is 5.88. The predicted molar refractivity (Wildman–Crippen MR) is 67.3 cm³/mol. The van der Waals surface area contributed by atoms with E-state index in [1.54, 1.807) is 4.90 Å². The summed E-state index contributed by atoms with van der Waals surface area (Å²) in [5.74, 6) is -2.36. The van der Waals surface area contributed by atoms with Crippen molar-refractivity contribution in [1.82, 2.24) is 10.2 Å². The molecule has 1 saturated heterocycles. The van der Waals surface area contributed by atoms with Gasteiger partial charge in [-0.1, -0.05) is 6.42 Å². The highest BCUT2D eigenvalue weighted by atomic mass is 16.4. The van der Waals surface area contributed by atoms with Gasteiger partial charge in [-0.2, -0.15) is 0 Å². The van der Waals surface area contributed by atoms with Gasteiger partial charge in [-0.15, -0.1) is 0 Å². The van der Waals surface area contributed by atoms with Crippen molar-refractivity contribution in [2.75, 3.05) is 19.6 Å². The summed E-state index contributed by atoms with van der Waals surface area (Å²) < 4.78 is 0. The van der Waals surface area contributed by atoms with Crippen molar-refractivity contribution < 1.29 is 19.5 Å². The lowest BCUT2D eigenvalue weighted by atomic mass is 9.95. The Morgan fingerprint density at radius 3 is 2.32 bits per heavy atom. The van der Waals surface area contributed by atoms with Gasteiger partial charge in [0.15, 0.2) is 0 Å². The van der Waals surface area contributed by atoms with Crippen LogP contribution in [0.15, 0.2) is 0 Å². The lowest BCUT2D eigenvalue weighted by Gasteiger charge is -2.18. The fourth-order valence-electron chi connectivity index (χ4n) is 2.94. The number of likely N-dealkylation sites (tertiary alicyclic amines) is 1. The average Bonchev–Trinajstić information content (AvgIpc) is 3.04. The van der Waals surface area contributed by atoms with Crippen molar-refractivity contribution in [3.05, 3.63) is 0 Å². The number of rotatable bonds is 4. The number of hydrogen-bond acceptors (Lipinski definition) is 3. The Kier molecular flexibility index (Phi) is 4.39. The number of amides is 2. The number of nitrogens with zero attached hydrogens (tertiary/aromatic N) is 1. The third kappa shape index (κ3) is 3.24. The maximum absolute atomic E-state index is 11.9. The summed E-state index contributed by atoms with van der Waals surface area (Å²) in [7, 11) is 0. The van der Waals surface area contributed by atoms with E-state index in [1.807, 2.05) is 0 Å². The van der Waals surface area contributed by atoms with Crippen LogP contribution >= 0.6 is 0 Å². The molecule has 6 nitrogen and oxygen atoms in total. The van der Waals surface area contributed by atoms with Crippen molar-refractivity contribution in [3.63, 3.8) is 0 Å². The molecule has 0 unspecified atom stereocenters. The number of carbonyl (C=O) groups excluding carboxylic acids is 2. The zero-order chi connectivity index (χ0) is 13.8. The van der Waals surface area contributed by atoms with Crippen molar-refractivity contribution in [1.29, 1.82) is 0 Å². The summed E-state index contributed by atoms with van der Waals surface area (Å²) >= 11 is 0. The Bertz CT molecular complexity index is 377. The van der Waals surface area contributed by atoms with Gasteiger partial charge >= 0.3 is 5.97 Å². The first-order valence-corrected chi connectivity index (χ1v) is 6.88. The quantitative estimate of drug-likeness (QED) is 0.764. The van der Waals surface area contributed by atoms with E-state index in [1.165, 1.54) is 0 Å². The second-order valence-corrected chi connectivity index (χ2v) is 5.29. The molecule has 2 N–H and O–H groups in total. The first kappa shape index (κ1) is 13.8. The third-order valence-electron chi connectivity index (χ3n) is 4.04. The van der Waals surface area contributed by atoms with Crippen molar-refractivity contribution in [3.8, 4) is 0 Å². The van der Waals surface area contributed by atoms with Crippen molar-refractivity contribution in [2.45, 2.75) is 32.1 Å². The summed E-state index contributed by atoms with van der Waals surface area (Å²) in [6.07, 6.45) is 3.94. The Labute approximate surface area is 112 Å². The van der Waals surface area contributed by atoms with Crippen molar-refractivity contribution in [2.24, 2.45) is 11.8 Å². The van der Waals surface area contributed by atoms with Gasteiger partial charge < -0.3 is 15.3 Å². The minimum Gasteiger partial charge on any atom is -0.481 e. The SMILES string of the molecule is O=C(O)[C@H]1CCC[C@H]1C(=O)NCC(=O)N1CCCC1. The summed E-state index contributed by atoms with van der Waals surface area (Å²) in [5.41, 5.74) is 0. The molecular weight excluding hydrogens is 248 g/mol. The maximum Gasteiger partial charge on any atom is 0.307 e. The molecule has 0 radical (unpaired) electrons. The molecule has 2 fully saturated rings. The van der Waals surface area contributed by atoms with Crippen LogP contribution in [0.2, 0.25) is 0 Å². The monoisotopic (exact) mass is 268 g/mol. The van der Waals surface area contributed by atoms with E-state index in [9.17, 15) is 14.4 Å². The van der Waals surface area contributed by atoms with Crippen LogP contribution in [0.25, 0.3) is 0 Å². The zero-order valence-electron chi connectivity index (χ0n) is 10.9. The lowest BCUT2D eigenvalue weighted by Crippen LogP contribution is -2.42. The standard InChI is InChI=1S/C13H20N2O4/c16-11(15-6-1-2-7-15)8-14-12(17)9-4-3-5-10(9)13(18)19/h9-10H,1-8H2,(H,14,17)(H,18,19)/t9-,10+/m1/s1. The van der Waals surface area contributed by atoms with E-state index >= 15 is 0 Å². The number of hydrogen-bond donors (Lipinski definition) is 2. The van der Waals surface area contributed by atoms with Crippen LogP contribution in [0.5, 0.6) is 0 Å². The van der Waals surface area contributed by atoms with Gasteiger partial charge in [0.05, 0.1) is 18.4 Å². The molecule has 6 heteroatoms. The molecule has 0 aromatic rings. The second-order valence-electron chi connectivity index (χ2n) is 5.29. The molecule has 2 rings (SSSR count). The van der Waals surface area contributed by atoms with Gasteiger partial charge in [0.25, 0.3) is 0 Å². The van der Waals surface area contributed by atoms with Gasteiger partial charge in [0.1, 0.15) is 0 Å². The highest BCUT2D eigenvalue weighted by Gasteiger charge is 2.37. The summed E-state index contributed by atoms with van der Waals surface area (Å²) in [6.45, 7) is 1.51. The Hall–Kier alpha value is -1.59. The van der Waals surface area contributed by atoms with Gasteiger partial charge in [0.2, 0.25) is 11.8 Å². The first-order valence-electron chi connectivity index (χ1n) is 6.88. The number of carbonyl (C=O) groups is 3. The fourth-order valence-corrected chi connectivity index (χ4v) is 2.94. The molecule has 1 saturated carbocycles. The molecule has 1 aliphatic carbocycles.